The molecule has 0 aromatic carbocycles. The van der Waals surface area contributed by atoms with E-state index in [4.69, 9.17) is 5.26 Å². The van der Waals surface area contributed by atoms with E-state index in [-0.39, 0.29) is 0 Å². The van der Waals surface area contributed by atoms with Crippen LogP contribution in [0.25, 0.3) is 0 Å². The molecule has 0 radical (unpaired) electrons. The van der Waals surface area contributed by atoms with Crippen LogP contribution >= 0.6 is 0 Å². The minimum atomic E-state index is -0.602. The van der Waals surface area contributed by atoms with Gasteiger partial charge in [-0.15, -0.1) is 11.8 Å². The molecule has 0 heterocycles. The molecule has 3 nitrogen and oxygen atoms in total. The van der Waals surface area contributed by atoms with E-state index >= 15 is 0 Å². The summed E-state index contributed by atoms with van der Waals surface area (Å²) in [6, 6.07) is 0. The number of rotatable bonds is 3. The zero-order valence-electron chi connectivity index (χ0n) is 6.33. The van der Waals surface area contributed by atoms with Crippen molar-refractivity contribution in [3.05, 3.63) is 24.3 Å². The number of allylic oxidation sites excluding steroid dienone is 2. The summed E-state index contributed by atoms with van der Waals surface area (Å²) in [5, 5.41) is 7.97. The Morgan fingerprint density at radius 1 is 1.82 bits per heavy atom. The number of esters is 1. The highest BCUT2D eigenvalue weighted by Gasteiger charge is 2.02. The molecule has 0 aromatic heterocycles. The van der Waals surface area contributed by atoms with Crippen molar-refractivity contribution in [2.45, 2.75) is 13.3 Å². The van der Waals surface area contributed by atoms with E-state index in [1.807, 2.05) is 0 Å². The summed E-state index contributed by atoms with van der Waals surface area (Å²) in [7, 11) is 0. The van der Waals surface area contributed by atoms with Gasteiger partial charge in [-0.25, -0.2) is 4.79 Å². The normalized spacial score (nSPS) is 10.0. The molecule has 0 aliphatic heterocycles. The first-order chi connectivity index (χ1) is 5.22. The van der Waals surface area contributed by atoms with Gasteiger partial charge in [-0.05, 0) is 13.3 Å². The number of carbonyl (C=O) groups is 1. The summed E-state index contributed by atoms with van der Waals surface area (Å²) in [4.78, 5) is 10.7. The fourth-order valence-corrected chi connectivity index (χ4v) is 0.465. The lowest BCUT2D eigenvalue weighted by molar-refractivity contribution is -0.132. The predicted octanol–water partition coefficient (Wildman–Crippen LogP) is 1.53. The third-order valence-electron chi connectivity index (χ3n) is 1.05. The van der Waals surface area contributed by atoms with Crippen LogP contribution in [0.1, 0.15) is 13.3 Å². The Morgan fingerprint density at radius 3 is 2.91 bits per heavy atom. The Kier molecular flexibility index (Phi) is 4.50. The highest BCUT2D eigenvalue weighted by Crippen LogP contribution is 1.97. The Morgan fingerprint density at radius 2 is 2.45 bits per heavy atom. The van der Waals surface area contributed by atoms with Crippen molar-refractivity contribution in [3.8, 4) is 6.26 Å². The molecule has 0 amide bonds. The zero-order valence-corrected chi connectivity index (χ0v) is 6.33. The van der Waals surface area contributed by atoms with Crippen LogP contribution in [0.4, 0.5) is 0 Å². The van der Waals surface area contributed by atoms with Crippen molar-refractivity contribution >= 4 is 5.97 Å². The predicted molar refractivity (Wildman–Crippen MR) is 40.3 cm³/mol. The van der Waals surface area contributed by atoms with Crippen molar-refractivity contribution in [3.63, 3.8) is 0 Å². The molecule has 0 aromatic rings. The first-order valence-electron chi connectivity index (χ1n) is 3.10. The number of nitriles is 1. The summed E-state index contributed by atoms with van der Waals surface area (Å²) in [5.74, 6) is -0.602. The molecule has 0 aliphatic carbocycles. The zero-order chi connectivity index (χ0) is 8.69. The Balaban J connectivity index is 4.02. The van der Waals surface area contributed by atoms with E-state index in [2.05, 4.69) is 11.3 Å². The minimum Gasteiger partial charge on any atom is -0.347 e. The molecule has 11 heavy (non-hydrogen) atoms. The number of ether oxygens (including phenoxy) is 1. The third kappa shape index (κ3) is 3.93. The highest BCUT2D eigenvalue weighted by molar-refractivity contribution is 5.88. The fraction of sp³-hybridized carbons (Fsp3) is 0.250. The van der Waals surface area contributed by atoms with E-state index in [9.17, 15) is 4.79 Å². The molecular weight excluding hydrogens is 142 g/mol. The van der Waals surface area contributed by atoms with E-state index in [0.717, 1.165) is 0 Å². The highest BCUT2D eigenvalue weighted by atomic mass is 16.5. The summed E-state index contributed by atoms with van der Waals surface area (Å²) in [6.45, 7) is 5.06. The lowest BCUT2D eigenvalue weighted by Gasteiger charge is -1.92. The molecule has 0 bridgehead atoms. The van der Waals surface area contributed by atoms with Crippen LogP contribution in [0.3, 0.4) is 0 Å². The maximum absolute atomic E-state index is 10.7. The molecular formula is C8H9NO2. The summed E-state index contributed by atoms with van der Waals surface area (Å²) in [5.41, 5.74) is 0.423. The number of nitrogens with zero attached hydrogens (tertiary/aromatic N) is 1. The summed E-state index contributed by atoms with van der Waals surface area (Å²) >= 11 is 0. The van der Waals surface area contributed by atoms with Crippen LogP contribution in [-0.4, -0.2) is 5.97 Å². The van der Waals surface area contributed by atoms with Gasteiger partial charge in [-0.3, -0.25) is 0 Å². The molecule has 0 fully saturated rings. The maximum atomic E-state index is 10.7. The van der Waals surface area contributed by atoms with E-state index < -0.39 is 5.97 Å². The van der Waals surface area contributed by atoms with Gasteiger partial charge in [-0.1, -0.05) is 12.2 Å². The fourth-order valence-electron chi connectivity index (χ4n) is 0.465. The average Bonchev–Trinajstić information content (AvgIpc) is 2.00. The monoisotopic (exact) mass is 151 g/mol. The molecule has 0 N–H and O–H groups in total. The van der Waals surface area contributed by atoms with Gasteiger partial charge in [0.05, 0.1) is 0 Å². The second-order valence-corrected chi connectivity index (χ2v) is 1.89. The standard InChI is InChI=1S/C8H9NO2/c1-3-4-5-7(2)8(10)11-6-9/h3,5H,1,4H2,2H3/b7-5+. The SMILES string of the molecule is C=CC/C=C(\C)C(=O)OC#N. The van der Waals surface area contributed by atoms with Crippen LogP contribution in [-0.2, 0) is 9.53 Å². The van der Waals surface area contributed by atoms with Crippen LogP contribution in [0.15, 0.2) is 24.3 Å². The van der Waals surface area contributed by atoms with Crippen LogP contribution in [0.5, 0.6) is 0 Å². The quantitative estimate of drug-likeness (QED) is 0.266. The third-order valence-corrected chi connectivity index (χ3v) is 1.05. The second-order valence-electron chi connectivity index (χ2n) is 1.89. The molecule has 0 aliphatic rings. The van der Waals surface area contributed by atoms with Crippen molar-refractivity contribution in [2.24, 2.45) is 0 Å². The lowest BCUT2D eigenvalue weighted by Crippen LogP contribution is -2.00. The Bertz CT molecular complexity index is 223. The van der Waals surface area contributed by atoms with Gasteiger partial charge in [0, 0.05) is 5.57 Å². The molecule has 0 saturated carbocycles. The van der Waals surface area contributed by atoms with Crippen LogP contribution in [0.2, 0.25) is 0 Å². The van der Waals surface area contributed by atoms with Crippen molar-refractivity contribution in [1.82, 2.24) is 0 Å². The van der Waals surface area contributed by atoms with Crippen molar-refractivity contribution in [2.75, 3.05) is 0 Å². The first-order valence-corrected chi connectivity index (χ1v) is 3.10. The molecule has 0 unspecified atom stereocenters. The molecule has 0 atom stereocenters. The van der Waals surface area contributed by atoms with E-state index in [1.54, 1.807) is 19.1 Å². The first kappa shape index (κ1) is 9.44. The van der Waals surface area contributed by atoms with Gasteiger partial charge in [0.25, 0.3) is 6.26 Å². The average molecular weight is 151 g/mol. The number of carbonyl (C=O) groups excluding carboxylic acids is 1. The summed E-state index contributed by atoms with van der Waals surface area (Å²) < 4.78 is 4.06. The smallest absolute Gasteiger partial charge is 0.347 e. The van der Waals surface area contributed by atoms with Crippen LogP contribution in [0, 0.1) is 11.5 Å². The van der Waals surface area contributed by atoms with Crippen molar-refractivity contribution in [1.29, 1.82) is 5.26 Å². The number of hydrogen-bond acceptors (Lipinski definition) is 3. The molecule has 58 valence electrons. The minimum absolute atomic E-state index is 0.423. The number of hydrogen-bond donors (Lipinski definition) is 0. The van der Waals surface area contributed by atoms with Crippen molar-refractivity contribution < 1.29 is 9.53 Å². The lowest BCUT2D eigenvalue weighted by atomic mass is 10.2. The molecule has 0 rings (SSSR count). The maximum Gasteiger partial charge on any atom is 0.348 e. The van der Waals surface area contributed by atoms with Gasteiger partial charge < -0.3 is 4.74 Å². The largest absolute Gasteiger partial charge is 0.348 e. The van der Waals surface area contributed by atoms with E-state index in [1.165, 1.54) is 6.26 Å². The van der Waals surface area contributed by atoms with Gasteiger partial charge in [-0.2, -0.15) is 0 Å². The summed E-state index contributed by atoms with van der Waals surface area (Å²) in [6.07, 6.45) is 5.21. The molecule has 0 spiro atoms. The van der Waals surface area contributed by atoms with E-state index in [0.29, 0.717) is 12.0 Å². The molecule has 0 saturated heterocycles. The van der Waals surface area contributed by atoms with Gasteiger partial charge in [0.1, 0.15) is 0 Å². The Labute approximate surface area is 65.6 Å². The second kappa shape index (κ2) is 5.24. The Hall–Kier alpha value is -1.56. The van der Waals surface area contributed by atoms with Gasteiger partial charge in [0.15, 0.2) is 0 Å². The van der Waals surface area contributed by atoms with Crippen LogP contribution < -0.4 is 0 Å². The topological polar surface area (TPSA) is 50.1 Å². The van der Waals surface area contributed by atoms with Gasteiger partial charge >= 0.3 is 5.97 Å². The molecule has 3 heteroatoms. The van der Waals surface area contributed by atoms with Gasteiger partial charge in [0.2, 0.25) is 0 Å².